The third-order valence-corrected chi connectivity index (χ3v) is 5.19. The lowest BCUT2D eigenvalue weighted by atomic mass is 9.73. The van der Waals surface area contributed by atoms with Crippen LogP contribution in [0.2, 0.25) is 0 Å². The zero-order valence-electron chi connectivity index (χ0n) is 14.9. The highest BCUT2D eigenvalue weighted by Crippen LogP contribution is 2.35. The predicted molar refractivity (Wildman–Crippen MR) is 101 cm³/mol. The van der Waals surface area contributed by atoms with Crippen LogP contribution in [0.25, 0.3) is 0 Å². The van der Waals surface area contributed by atoms with Gasteiger partial charge in [0.1, 0.15) is 0 Å². The Balaban J connectivity index is 1.66. The molecule has 1 fully saturated rings. The van der Waals surface area contributed by atoms with Crippen LogP contribution in [0.4, 0.5) is 0 Å². The Kier molecular flexibility index (Phi) is 5.87. The van der Waals surface area contributed by atoms with E-state index < -0.39 is 5.41 Å². The van der Waals surface area contributed by atoms with Crippen molar-refractivity contribution in [3.63, 3.8) is 0 Å². The lowest BCUT2D eigenvalue weighted by Crippen LogP contribution is -2.50. The highest BCUT2D eigenvalue weighted by atomic mass is 16.5. The molecule has 0 radical (unpaired) electrons. The standard InChI is InChI=1S/C22H27NO2/c1-18(12-13-19-8-4-2-5-9-19)23-21(24)22(14-16-25-17-15-22)20-10-6-3-7-11-20/h2-11,18H,12-17H2,1H3,(H,23,24)/t18-/m0/s1. The molecule has 132 valence electrons. The minimum atomic E-state index is -0.458. The molecule has 2 aromatic rings. The van der Waals surface area contributed by atoms with Crippen LogP contribution in [0.3, 0.4) is 0 Å². The molecule has 3 rings (SSSR count). The summed E-state index contributed by atoms with van der Waals surface area (Å²) in [6.07, 6.45) is 3.41. The summed E-state index contributed by atoms with van der Waals surface area (Å²) in [6, 6.07) is 20.7. The molecule has 0 saturated carbocycles. The summed E-state index contributed by atoms with van der Waals surface area (Å²) in [5.74, 6) is 0.141. The molecule has 1 heterocycles. The minimum Gasteiger partial charge on any atom is -0.381 e. The average Bonchev–Trinajstić information content (AvgIpc) is 2.68. The van der Waals surface area contributed by atoms with E-state index in [1.54, 1.807) is 0 Å². The van der Waals surface area contributed by atoms with Crippen molar-refractivity contribution < 1.29 is 9.53 Å². The number of hydrogen-bond acceptors (Lipinski definition) is 2. The normalized spacial score (nSPS) is 17.6. The van der Waals surface area contributed by atoms with E-state index in [-0.39, 0.29) is 11.9 Å². The van der Waals surface area contributed by atoms with E-state index in [9.17, 15) is 4.79 Å². The van der Waals surface area contributed by atoms with Crippen molar-refractivity contribution in [2.24, 2.45) is 0 Å². The van der Waals surface area contributed by atoms with Gasteiger partial charge in [0.15, 0.2) is 0 Å². The third kappa shape index (κ3) is 4.29. The first-order chi connectivity index (χ1) is 12.2. The number of benzene rings is 2. The monoisotopic (exact) mass is 337 g/mol. The molecule has 0 bridgehead atoms. The van der Waals surface area contributed by atoms with Crippen LogP contribution in [-0.4, -0.2) is 25.2 Å². The van der Waals surface area contributed by atoms with Crippen molar-refractivity contribution in [2.45, 2.75) is 44.1 Å². The van der Waals surface area contributed by atoms with Crippen LogP contribution in [0.5, 0.6) is 0 Å². The van der Waals surface area contributed by atoms with Crippen molar-refractivity contribution in [1.29, 1.82) is 0 Å². The first kappa shape index (κ1) is 17.7. The molecule has 1 saturated heterocycles. The molecule has 0 aliphatic carbocycles. The summed E-state index contributed by atoms with van der Waals surface area (Å²) in [5.41, 5.74) is 1.96. The van der Waals surface area contributed by atoms with Crippen LogP contribution in [0.1, 0.15) is 37.3 Å². The Morgan fingerprint density at radius 1 is 1.04 bits per heavy atom. The van der Waals surface area contributed by atoms with Crippen LogP contribution in [0, 0.1) is 0 Å². The summed E-state index contributed by atoms with van der Waals surface area (Å²) in [5, 5.41) is 3.26. The van der Waals surface area contributed by atoms with Gasteiger partial charge in [-0.1, -0.05) is 60.7 Å². The SMILES string of the molecule is C[C@@H](CCc1ccccc1)NC(=O)C1(c2ccccc2)CCOCC1. The van der Waals surface area contributed by atoms with E-state index in [1.807, 2.05) is 24.3 Å². The van der Waals surface area contributed by atoms with E-state index >= 15 is 0 Å². The average molecular weight is 337 g/mol. The lowest BCUT2D eigenvalue weighted by Gasteiger charge is -2.37. The van der Waals surface area contributed by atoms with Crippen molar-refractivity contribution >= 4 is 5.91 Å². The molecule has 3 nitrogen and oxygen atoms in total. The van der Waals surface area contributed by atoms with Crippen LogP contribution < -0.4 is 5.32 Å². The summed E-state index contributed by atoms with van der Waals surface area (Å²) in [7, 11) is 0. The van der Waals surface area contributed by atoms with Gasteiger partial charge in [0.2, 0.25) is 5.91 Å². The number of aryl methyl sites for hydroxylation is 1. The fourth-order valence-electron chi connectivity index (χ4n) is 3.59. The Hall–Kier alpha value is -2.13. The highest BCUT2D eigenvalue weighted by Gasteiger charge is 2.41. The highest BCUT2D eigenvalue weighted by molar-refractivity contribution is 5.88. The summed E-state index contributed by atoms with van der Waals surface area (Å²) < 4.78 is 5.53. The topological polar surface area (TPSA) is 38.3 Å². The van der Waals surface area contributed by atoms with Gasteiger partial charge in [0, 0.05) is 19.3 Å². The Morgan fingerprint density at radius 2 is 1.64 bits per heavy atom. The minimum absolute atomic E-state index is 0.141. The van der Waals surface area contributed by atoms with Crippen molar-refractivity contribution in [2.75, 3.05) is 13.2 Å². The molecular formula is C22H27NO2. The second-order valence-electron chi connectivity index (χ2n) is 6.96. The molecule has 0 unspecified atom stereocenters. The molecule has 1 aliphatic rings. The molecule has 0 aromatic heterocycles. The zero-order chi connectivity index (χ0) is 17.5. The summed E-state index contributed by atoms with van der Waals surface area (Å²) in [4.78, 5) is 13.2. The maximum absolute atomic E-state index is 13.2. The molecule has 2 aromatic carbocycles. The second kappa shape index (κ2) is 8.30. The van der Waals surface area contributed by atoms with Gasteiger partial charge >= 0.3 is 0 Å². The van der Waals surface area contributed by atoms with E-state index in [2.05, 4.69) is 48.6 Å². The van der Waals surface area contributed by atoms with E-state index in [1.165, 1.54) is 5.56 Å². The van der Waals surface area contributed by atoms with Gasteiger partial charge < -0.3 is 10.1 Å². The Morgan fingerprint density at radius 3 is 2.28 bits per heavy atom. The summed E-state index contributed by atoms with van der Waals surface area (Å²) >= 11 is 0. The second-order valence-corrected chi connectivity index (χ2v) is 6.96. The van der Waals surface area contributed by atoms with E-state index in [0.29, 0.717) is 13.2 Å². The molecule has 0 spiro atoms. The quantitative estimate of drug-likeness (QED) is 0.869. The van der Waals surface area contributed by atoms with Gasteiger partial charge in [-0.15, -0.1) is 0 Å². The smallest absolute Gasteiger partial charge is 0.231 e. The van der Waals surface area contributed by atoms with Gasteiger partial charge in [-0.3, -0.25) is 4.79 Å². The maximum atomic E-state index is 13.2. The van der Waals surface area contributed by atoms with Crippen LogP contribution >= 0.6 is 0 Å². The van der Waals surface area contributed by atoms with Crippen molar-refractivity contribution in [3.8, 4) is 0 Å². The van der Waals surface area contributed by atoms with Crippen LogP contribution in [0.15, 0.2) is 60.7 Å². The number of ether oxygens (including phenoxy) is 1. The fourth-order valence-corrected chi connectivity index (χ4v) is 3.59. The number of nitrogens with one attached hydrogen (secondary N) is 1. The van der Waals surface area contributed by atoms with E-state index in [0.717, 1.165) is 31.2 Å². The zero-order valence-corrected chi connectivity index (χ0v) is 14.9. The van der Waals surface area contributed by atoms with Crippen LogP contribution in [-0.2, 0) is 21.4 Å². The van der Waals surface area contributed by atoms with Crippen molar-refractivity contribution in [1.82, 2.24) is 5.32 Å². The van der Waals surface area contributed by atoms with E-state index in [4.69, 9.17) is 4.74 Å². The maximum Gasteiger partial charge on any atom is 0.231 e. The first-order valence-electron chi connectivity index (χ1n) is 9.19. The molecule has 1 aliphatic heterocycles. The number of rotatable bonds is 6. The summed E-state index contributed by atoms with van der Waals surface area (Å²) in [6.45, 7) is 3.38. The molecule has 1 atom stereocenters. The van der Waals surface area contributed by atoms with Gasteiger partial charge in [0.05, 0.1) is 5.41 Å². The van der Waals surface area contributed by atoms with Gasteiger partial charge in [0.25, 0.3) is 0 Å². The van der Waals surface area contributed by atoms with Crippen molar-refractivity contribution in [3.05, 3.63) is 71.8 Å². The molecule has 1 N–H and O–H groups in total. The number of carbonyl (C=O) groups is 1. The number of carbonyl (C=O) groups excluding carboxylic acids is 1. The molecule has 25 heavy (non-hydrogen) atoms. The Labute approximate surface area is 150 Å². The number of hydrogen-bond donors (Lipinski definition) is 1. The molecule has 3 heteroatoms. The van der Waals surface area contributed by atoms with Gasteiger partial charge in [-0.2, -0.15) is 0 Å². The molecular weight excluding hydrogens is 310 g/mol. The predicted octanol–water partition coefficient (Wildman–Crippen LogP) is 3.87. The Bertz CT molecular complexity index is 663. The van der Waals surface area contributed by atoms with Gasteiger partial charge in [-0.25, -0.2) is 0 Å². The molecule has 1 amide bonds. The third-order valence-electron chi connectivity index (χ3n) is 5.19. The largest absolute Gasteiger partial charge is 0.381 e. The fraction of sp³-hybridized carbons (Fsp3) is 0.409. The number of amides is 1. The first-order valence-corrected chi connectivity index (χ1v) is 9.19. The lowest BCUT2D eigenvalue weighted by molar-refractivity contribution is -0.131. The van der Waals surface area contributed by atoms with Gasteiger partial charge in [-0.05, 0) is 43.7 Å².